The first-order valence-corrected chi connectivity index (χ1v) is 7.35. The summed E-state index contributed by atoms with van der Waals surface area (Å²) in [6.07, 6.45) is 5.78. The molecule has 0 spiro atoms. The number of nitrogens with zero attached hydrogens (tertiary/aromatic N) is 3. The summed E-state index contributed by atoms with van der Waals surface area (Å²) >= 11 is 0. The van der Waals surface area contributed by atoms with Crippen molar-refractivity contribution in [3.05, 3.63) is 12.2 Å². The van der Waals surface area contributed by atoms with Crippen LogP contribution in [0.4, 0.5) is 0 Å². The third kappa shape index (κ3) is 3.04. The van der Waals surface area contributed by atoms with Gasteiger partial charge in [0.05, 0.1) is 0 Å². The van der Waals surface area contributed by atoms with Gasteiger partial charge in [-0.2, -0.15) is 5.10 Å². The highest BCUT2D eigenvalue weighted by Gasteiger charge is 2.33. The molecule has 0 N–H and O–H groups in total. The van der Waals surface area contributed by atoms with Crippen LogP contribution >= 0.6 is 0 Å². The van der Waals surface area contributed by atoms with E-state index in [0.29, 0.717) is 17.8 Å². The van der Waals surface area contributed by atoms with Crippen LogP contribution in [-0.4, -0.2) is 20.5 Å². The van der Waals surface area contributed by atoms with Crippen molar-refractivity contribution >= 4 is 5.78 Å². The molecular weight excluding hydrogens is 238 g/mol. The molecule has 0 aromatic carbocycles. The quantitative estimate of drug-likeness (QED) is 0.786. The van der Waals surface area contributed by atoms with E-state index in [1.807, 2.05) is 6.92 Å². The van der Waals surface area contributed by atoms with Gasteiger partial charge in [0, 0.05) is 12.5 Å². The molecule has 1 aliphatic carbocycles. The van der Waals surface area contributed by atoms with Crippen molar-refractivity contribution in [1.82, 2.24) is 14.8 Å². The molecule has 0 amide bonds. The minimum Gasteiger partial charge on any atom is -0.290 e. The average Bonchev–Trinajstić information content (AvgIpc) is 2.85. The molecule has 0 radical (unpaired) electrons. The zero-order valence-electron chi connectivity index (χ0n) is 12.5. The van der Waals surface area contributed by atoms with E-state index in [1.165, 1.54) is 6.33 Å². The molecule has 1 heterocycles. The van der Waals surface area contributed by atoms with Crippen molar-refractivity contribution in [2.24, 2.45) is 17.3 Å². The molecule has 0 unspecified atom stereocenters. The second-order valence-electron chi connectivity index (χ2n) is 6.68. The van der Waals surface area contributed by atoms with Crippen LogP contribution < -0.4 is 0 Å². The van der Waals surface area contributed by atoms with Gasteiger partial charge in [-0.1, -0.05) is 20.8 Å². The summed E-state index contributed by atoms with van der Waals surface area (Å²) in [5.74, 6) is 1.61. The van der Waals surface area contributed by atoms with Gasteiger partial charge >= 0.3 is 0 Å². The zero-order valence-corrected chi connectivity index (χ0v) is 12.5. The molecule has 1 fully saturated rings. The summed E-state index contributed by atoms with van der Waals surface area (Å²) in [6.45, 7) is 9.59. The van der Waals surface area contributed by atoms with E-state index in [1.54, 1.807) is 4.68 Å². The Morgan fingerprint density at radius 3 is 2.47 bits per heavy atom. The van der Waals surface area contributed by atoms with Gasteiger partial charge in [0.15, 0.2) is 5.82 Å². The highest BCUT2D eigenvalue weighted by atomic mass is 16.1. The van der Waals surface area contributed by atoms with Crippen LogP contribution in [-0.2, 0) is 6.54 Å². The molecule has 106 valence electrons. The summed E-state index contributed by atoms with van der Waals surface area (Å²) in [5.41, 5.74) is 0.359. The summed E-state index contributed by atoms with van der Waals surface area (Å²) in [4.78, 5) is 16.6. The second kappa shape index (κ2) is 5.43. The van der Waals surface area contributed by atoms with Crippen molar-refractivity contribution in [3.8, 4) is 0 Å². The van der Waals surface area contributed by atoms with E-state index in [0.717, 1.165) is 31.6 Å². The van der Waals surface area contributed by atoms with Gasteiger partial charge in [0.1, 0.15) is 6.33 Å². The molecular formula is C15H25N3O. The Kier molecular flexibility index (Phi) is 4.07. The van der Waals surface area contributed by atoms with Crippen molar-refractivity contribution < 1.29 is 4.79 Å². The lowest BCUT2D eigenvalue weighted by Gasteiger charge is -2.36. The van der Waals surface area contributed by atoms with E-state index in [4.69, 9.17) is 0 Å². The first-order chi connectivity index (χ1) is 8.93. The number of ketones is 1. The van der Waals surface area contributed by atoms with Gasteiger partial charge in [-0.05, 0) is 43.9 Å². The van der Waals surface area contributed by atoms with Crippen molar-refractivity contribution in [2.75, 3.05) is 0 Å². The monoisotopic (exact) mass is 263 g/mol. The molecule has 0 saturated heterocycles. The van der Waals surface area contributed by atoms with Crippen LogP contribution in [0.1, 0.15) is 64.0 Å². The topological polar surface area (TPSA) is 47.8 Å². The van der Waals surface area contributed by atoms with Gasteiger partial charge in [0.2, 0.25) is 5.78 Å². The SMILES string of the molecule is CCn1ncnc1C(=O)C1CCC(C(C)(C)C)CC1. The summed E-state index contributed by atoms with van der Waals surface area (Å²) in [5, 5.41) is 4.09. The normalized spacial score (nSPS) is 24.4. The van der Waals surface area contributed by atoms with Gasteiger partial charge in [-0.3, -0.25) is 4.79 Å². The van der Waals surface area contributed by atoms with Crippen LogP contribution in [0.25, 0.3) is 0 Å². The molecule has 19 heavy (non-hydrogen) atoms. The number of aromatic nitrogens is 3. The molecule has 0 bridgehead atoms. The number of hydrogen-bond donors (Lipinski definition) is 0. The molecule has 0 aliphatic heterocycles. The predicted molar refractivity (Wildman–Crippen MR) is 74.9 cm³/mol. The first kappa shape index (κ1) is 14.2. The lowest BCUT2D eigenvalue weighted by Crippen LogP contribution is -2.30. The Hall–Kier alpha value is -1.19. The lowest BCUT2D eigenvalue weighted by molar-refractivity contribution is 0.0803. The van der Waals surface area contributed by atoms with Gasteiger partial charge < -0.3 is 0 Å². The van der Waals surface area contributed by atoms with Gasteiger partial charge in [0.25, 0.3) is 0 Å². The van der Waals surface area contributed by atoms with Gasteiger partial charge in [-0.25, -0.2) is 9.67 Å². The maximum absolute atomic E-state index is 12.5. The Morgan fingerprint density at radius 1 is 1.32 bits per heavy atom. The Labute approximate surface area is 115 Å². The molecule has 1 saturated carbocycles. The standard InChI is InChI=1S/C15H25N3O/c1-5-18-14(16-10-17-18)13(19)11-6-8-12(9-7-11)15(2,3)4/h10-12H,5-9H2,1-4H3. The first-order valence-electron chi connectivity index (χ1n) is 7.35. The van der Waals surface area contributed by atoms with Crippen molar-refractivity contribution in [2.45, 2.75) is 59.9 Å². The van der Waals surface area contributed by atoms with Crippen LogP contribution in [0.15, 0.2) is 6.33 Å². The molecule has 1 aliphatic rings. The second-order valence-corrected chi connectivity index (χ2v) is 6.68. The van der Waals surface area contributed by atoms with Crippen LogP contribution in [0.5, 0.6) is 0 Å². The Bertz CT molecular complexity index is 436. The van der Waals surface area contributed by atoms with Crippen LogP contribution in [0.2, 0.25) is 0 Å². The predicted octanol–water partition coefficient (Wildman–Crippen LogP) is 3.33. The minimum absolute atomic E-state index is 0.146. The van der Waals surface area contributed by atoms with E-state index in [-0.39, 0.29) is 11.7 Å². The number of hydrogen-bond acceptors (Lipinski definition) is 3. The minimum atomic E-state index is 0.146. The van der Waals surface area contributed by atoms with Crippen LogP contribution in [0.3, 0.4) is 0 Å². The van der Waals surface area contributed by atoms with Crippen molar-refractivity contribution in [3.63, 3.8) is 0 Å². The van der Waals surface area contributed by atoms with E-state index < -0.39 is 0 Å². The maximum Gasteiger partial charge on any atom is 0.202 e. The number of Topliss-reactive ketones (excluding diaryl/α,β-unsaturated/α-hetero) is 1. The molecule has 2 rings (SSSR count). The Balaban J connectivity index is 2.00. The van der Waals surface area contributed by atoms with E-state index in [2.05, 4.69) is 30.9 Å². The molecule has 4 heteroatoms. The fourth-order valence-corrected chi connectivity index (χ4v) is 3.09. The zero-order chi connectivity index (χ0) is 14.0. The van der Waals surface area contributed by atoms with Gasteiger partial charge in [-0.15, -0.1) is 0 Å². The van der Waals surface area contributed by atoms with Crippen LogP contribution in [0, 0.1) is 17.3 Å². The molecule has 1 aromatic rings. The van der Waals surface area contributed by atoms with E-state index >= 15 is 0 Å². The fraction of sp³-hybridized carbons (Fsp3) is 0.800. The molecule has 1 aromatic heterocycles. The smallest absolute Gasteiger partial charge is 0.202 e. The average molecular weight is 263 g/mol. The summed E-state index contributed by atoms with van der Waals surface area (Å²) < 4.78 is 1.71. The maximum atomic E-state index is 12.5. The third-order valence-electron chi connectivity index (χ3n) is 4.46. The largest absolute Gasteiger partial charge is 0.290 e. The lowest BCUT2D eigenvalue weighted by atomic mass is 9.69. The van der Waals surface area contributed by atoms with E-state index in [9.17, 15) is 4.79 Å². The third-order valence-corrected chi connectivity index (χ3v) is 4.46. The highest BCUT2D eigenvalue weighted by molar-refractivity contribution is 5.94. The molecule has 4 nitrogen and oxygen atoms in total. The number of aryl methyl sites for hydroxylation is 1. The molecule has 0 atom stereocenters. The number of rotatable bonds is 3. The number of carbonyl (C=O) groups is 1. The fourth-order valence-electron chi connectivity index (χ4n) is 3.09. The summed E-state index contributed by atoms with van der Waals surface area (Å²) in [7, 11) is 0. The number of carbonyl (C=O) groups excluding carboxylic acids is 1. The summed E-state index contributed by atoms with van der Waals surface area (Å²) in [6, 6.07) is 0. The Morgan fingerprint density at radius 2 is 1.95 bits per heavy atom. The van der Waals surface area contributed by atoms with Crippen molar-refractivity contribution in [1.29, 1.82) is 0 Å². The highest BCUT2D eigenvalue weighted by Crippen LogP contribution is 2.40.